The van der Waals surface area contributed by atoms with Crippen molar-refractivity contribution in [1.82, 2.24) is 0 Å². The van der Waals surface area contributed by atoms with Gasteiger partial charge in [0.1, 0.15) is 11.8 Å². The number of fused-ring (bicyclic) bond motifs is 1. The van der Waals surface area contributed by atoms with Crippen molar-refractivity contribution >= 4 is 35.5 Å². The van der Waals surface area contributed by atoms with Gasteiger partial charge in [-0.25, -0.2) is 4.79 Å². The van der Waals surface area contributed by atoms with Crippen LogP contribution in [0.1, 0.15) is 77.7 Å². The van der Waals surface area contributed by atoms with Crippen LogP contribution in [0.4, 0.5) is 0 Å². The Bertz CT molecular complexity index is 1010. The maximum atomic E-state index is 13.0. The smallest absolute Gasteiger partial charge is 0.350 e. The Labute approximate surface area is 216 Å². The molecule has 1 aromatic carbocycles. The van der Waals surface area contributed by atoms with Crippen molar-refractivity contribution in [2.45, 2.75) is 94.5 Å². The lowest BCUT2D eigenvalue weighted by atomic mass is 9.80. The third-order valence-corrected chi connectivity index (χ3v) is 9.23. The molecule has 1 aliphatic heterocycles. The van der Waals surface area contributed by atoms with Gasteiger partial charge in [0.25, 0.3) is 0 Å². The number of carbonyl (C=O) groups excluding carboxylic acids is 2. The Morgan fingerprint density at radius 2 is 1.86 bits per heavy atom. The quantitative estimate of drug-likeness (QED) is 0.171. The molecule has 6 nitrogen and oxygen atoms in total. The number of nitriles is 1. The molecule has 1 heterocycles. The molecule has 0 bridgehead atoms. The maximum Gasteiger partial charge on any atom is 0.350 e. The zero-order valence-electron chi connectivity index (χ0n) is 21.0. The van der Waals surface area contributed by atoms with E-state index in [-0.39, 0.29) is 30.5 Å². The van der Waals surface area contributed by atoms with E-state index in [9.17, 15) is 20.0 Å². The molecule has 0 spiro atoms. The van der Waals surface area contributed by atoms with Crippen LogP contribution in [0.5, 0.6) is 5.75 Å². The van der Waals surface area contributed by atoms with E-state index < -0.39 is 11.6 Å². The maximum absolute atomic E-state index is 13.0. The average molecular weight is 518 g/mol. The van der Waals surface area contributed by atoms with Crippen molar-refractivity contribution in [2.24, 2.45) is 11.8 Å². The van der Waals surface area contributed by atoms with Crippen molar-refractivity contribution in [3.8, 4) is 11.8 Å². The summed E-state index contributed by atoms with van der Waals surface area (Å²) in [6.07, 6.45) is 7.85. The van der Waals surface area contributed by atoms with E-state index in [1.54, 1.807) is 19.9 Å². The standard InChI is InChI=1S/C27H35NO5S2/c1-5-6-7-18-9-11-19(12-10-18)24(29)33-21-13-8-17(2)22-23(21)35-26(34-22)20(16-28)25(30)32-15-14-27(3,4)31/h8,13,18-19,31H,5-7,9-12,14-15H2,1-4H3/b26-20-. The number of hydrogen-bond acceptors (Lipinski definition) is 8. The number of aryl methyl sites for hydroxylation is 1. The van der Waals surface area contributed by atoms with Gasteiger partial charge in [-0.15, -0.1) is 0 Å². The molecule has 1 aromatic rings. The number of benzene rings is 1. The molecule has 1 aliphatic carbocycles. The zero-order valence-corrected chi connectivity index (χ0v) is 22.7. The molecule has 0 aromatic heterocycles. The molecular weight excluding hydrogens is 482 g/mol. The lowest BCUT2D eigenvalue weighted by Gasteiger charge is -2.27. The minimum Gasteiger partial charge on any atom is -0.461 e. The number of unbranched alkanes of at least 4 members (excludes halogenated alkanes) is 1. The van der Waals surface area contributed by atoms with Gasteiger partial charge in [0.05, 0.1) is 27.3 Å². The van der Waals surface area contributed by atoms with E-state index in [4.69, 9.17) is 9.47 Å². The van der Waals surface area contributed by atoms with Gasteiger partial charge >= 0.3 is 11.9 Å². The van der Waals surface area contributed by atoms with Crippen LogP contribution in [0.15, 0.2) is 31.7 Å². The number of nitrogens with zero attached hydrogens (tertiary/aromatic N) is 1. The number of esters is 2. The highest BCUT2D eigenvalue weighted by atomic mass is 32.2. The molecule has 0 saturated heterocycles. The predicted molar refractivity (Wildman–Crippen MR) is 138 cm³/mol. The van der Waals surface area contributed by atoms with E-state index in [2.05, 4.69) is 6.92 Å². The van der Waals surface area contributed by atoms with Crippen molar-refractivity contribution in [2.75, 3.05) is 6.61 Å². The summed E-state index contributed by atoms with van der Waals surface area (Å²) in [6.45, 7) is 7.44. The topological polar surface area (TPSA) is 96.6 Å². The van der Waals surface area contributed by atoms with Crippen LogP contribution >= 0.6 is 23.5 Å². The minimum atomic E-state index is -0.960. The van der Waals surface area contributed by atoms with Crippen LogP contribution in [0.2, 0.25) is 0 Å². The molecule has 190 valence electrons. The molecule has 35 heavy (non-hydrogen) atoms. The van der Waals surface area contributed by atoms with Gasteiger partial charge in [-0.05, 0) is 64.0 Å². The van der Waals surface area contributed by atoms with Gasteiger partial charge < -0.3 is 14.6 Å². The fourth-order valence-electron chi connectivity index (χ4n) is 4.27. The van der Waals surface area contributed by atoms with Gasteiger partial charge in [-0.2, -0.15) is 5.26 Å². The lowest BCUT2D eigenvalue weighted by molar-refractivity contribution is -0.141. The van der Waals surface area contributed by atoms with E-state index in [1.165, 1.54) is 42.8 Å². The second kappa shape index (κ2) is 12.3. The first-order chi connectivity index (χ1) is 16.6. The number of thioether (sulfide) groups is 2. The fraction of sp³-hybridized carbons (Fsp3) is 0.593. The SMILES string of the molecule is CCCCC1CCC(C(=O)Oc2ccc(C)c3c2S/C(=C(/C#N)C(=O)OCCC(C)(C)O)S3)CC1. The zero-order chi connectivity index (χ0) is 25.6. The van der Waals surface area contributed by atoms with Crippen LogP contribution < -0.4 is 4.74 Å². The van der Waals surface area contributed by atoms with Gasteiger partial charge in [0, 0.05) is 11.3 Å². The molecule has 1 fully saturated rings. The van der Waals surface area contributed by atoms with Crippen LogP contribution in [0.3, 0.4) is 0 Å². The minimum absolute atomic E-state index is 0.0195. The summed E-state index contributed by atoms with van der Waals surface area (Å²) in [6, 6.07) is 5.66. The number of carbonyl (C=O) groups is 2. The van der Waals surface area contributed by atoms with Crippen LogP contribution in [-0.2, 0) is 14.3 Å². The van der Waals surface area contributed by atoms with E-state index in [0.717, 1.165) is 47.0 Å². The van der Waals surface area contributed by atoms with Gasteiger partial charge in [0.2, 0.25) is 0 Å². The summed E-state index contributed by atoms with van der Waals surface area (Å²) >= 11 is 2.59. The van der Waals surface area contributed by atoms with Crippen molar-refractivity contribution < 1.29 is 24.2 Å². The predicted octanol–water partition coefficient (Wildman–Crippen LogP) is 6.53. The molecule has 0 unspecified atom stereocenters. The number of aliphatic hydroxyl groups is 1. The Balaban J connectivity index is 1.69. The number of ether oxygens (including phenoxy) is 2. The molecule has 0 radical (unpaired) electrons. The summed E-state index contributed by atoms with van der Waals surface area (Å²) < 4.78 is 11.6. The second-order valence-electron chi connectivity index (χ2n) is 10.00. The number of rotatable bonds is 9. The highest BCUT2D eigenvalue weighted by Crippen LogP contribution is 2.57. The summed E-state index contributed by atoms with van der Waals surface area (Å²) in [5.74, 6) is 0.202. The van der Waals surface area contributed by atoms with Crippen molar-refractivity contribution in [3.05, 3.63) is 27.5 Å². The highest BCUT2D eigenvalue weighted by molar-refractivity contribution is 8.24. The molecule has 1 N–H and O–H groups in total. The van der Waals surface area contributed by atoms with E-state index in [1.807, 2.05) is 19.1 Å². The summed E-state index contributed by atoms with van der Waals surface area (Å²) in [5.41, 5.74) is -0.0525. The monoisotopic (exact) mass is 517 g/mol. The molecular formula is C27H35NO5S2. The average Bonchev–Trinajstić information content (AvgIpc) is 3.25. The first kappa shape index (κ1) is 27.6. The first-order valence-electron chi connectivity index (χ1n) is 12.4. The highest BCUT2D eigenvalue weighted by Gasteiger charge is 2.32. The van der Waals surface area contributed by atoms with Gasteiger partial charge in [0.15, 0.2) is 5.57 Å². The third-order valence-electron chi connectivity index (χ3n) is 6.49. The Hall–Kier alpha value is -1.95. The summed E-state index contributed by atoms with van der Waals surface area (Å²) in [5, 5.41) is 19.5. The Morgan fingerprint density at radius 3 is 2.49 bits per heavy atom. The summed E-state index contributed by atoms with van der Waals surface area (Å²) in [4.78, 5) is 27.1. The largest absolute Gasteiger partial charge is 0.461 e. The molecule has 3 rings (SSSR count). The molecule has 0 amide bonds. The lowest BCUT2D eigenvalue weighted by Crippen LogP contribution is -2.25. The molecule has 0 atom stereocenters. The van der Waals surface area contributed by atoms with Crippen LogP contribution in [0, 0.1) is 30.1 Å². The van der Waals surface area contributed by atoms with Crippen LogP contribution in [-0.4, -0.2) is 29.3 Å². The number of hydrogen-bond donors (Lipinski definition) is 1. The molecule has 1 saturated carbocycles. The second-order valence-corrected chi connectivity index (χ2v) is 12.3. The fourth-order valence-corrected chi connectivity index (χ4v) is 6.90. The Morgan fingerprint density at radius 1 is 1.17 bits per heavy atom. The van der Waals surface area contributed by atoms with Gasteiger partial charge in [-0.3, -0.25) is 4.79 Å². The molecule has 8 heteroatoms. The van der Waals surface area contributed by atoms with E-state index >= 15 is 0 Å². The van der Waals surface area contributed by atoms with E-state index in [0.29, 0.717) is 9.99 Å². The van der Waals surface area contributed by atoms with Crippen molar-refractivity contribution in [3.63, 3.8) is 0 Å². The third kappa shape index (κ3) is 7.52. The Kier molecular flexibility index (Phi) is 9.74. The van der Waals surface area contributed by atoms with Gasteiger partial charge in [-0.1, -0.05) is 55.8 Å². The normalized spacial score (nSPS) is 21.1. The van der Waals surface area contributed by atoms with Crippen LogP contribution in [0.25, 0.3) is 0 Å². The first-order valence-corrected chi connectivity index (χ1v) is 14.0. The van der Waals surface area contributed by atoms with Crippen molar-refractivity contribution in [1.29, 1.82) is 5.26 Å². The molecule has 2 aliphatic rings. The summed E-state index contributed by atoms with van der Waals surface area (Å²) in [7, 11) is 0.